The van der Waals surface area contributed by atoms with Crippen LogP contribution in [0.1, 0.15) is 60.6 Å². The SMILES string of the molecule is CC1(CNC(=O)COc2cccc3c2CCCC3=O)CCN(C(=O)CCc2nc3ccccc3[nH]c2=O)CC1. The van der Waals surface area contributed by atoms with E-state index in [2.05, 4.69) is 22.2 Å². The summed E-state index contributed by atoms with van der Waals surface area (Å²) >= 11 is 0. The Balaban J connectivity index is 1.06. The molecule has 2 aliphatic rings. The number of ether oxygens (including phenoxy) is 1. The lowest BCUT2D eigenvalue weighted by Crippen LogP contribution is -2.47. The lowest BCUT2D eigenvalue weighted by Gasteiger charge is -2.39. The van der Waals surface area contributed by atoms with Gasteiger partial charge in [0.2, 0.25) is 5.91 Å². The lowest BCUT2D eigenvalue weighted by molar-refractivity contribution is -0.133. The number of amides is 2. The van der Waals surface area contributed by atoms with Crippen molar-refractivity contribution in [2.75, 3.05) is 26.2 Å². The highest BCUT2D eigenvalue weighted by Crippen LogP contribution is 2.31. The van der Waals surface area contributed by atoms with Crippen LogP contribution < -0.4 is 15.6 Å². The Labute approximate surface area is 227 Å². The van der Waals surface area contributed by atoms with E-state index in [1.165, 1.54) is 0 Å². The number of benzene rings is 2. The van der Waals surface area contributed by atoms with Crippen LogP contribution >= 0.6 is 0 Å². The lowest BCUT2D eigenvalue weighted by atomic mass is 9.80. The minimum absolute atomic E-state index is 0.00789. The Kier molecular flexibility index (Phi) is 7.77. The molecule has 2 amide bonds. The molecule has 0 bridgehead atoms. The molecule has 2 heterocycles. The largest absolute Gasteiger partial charge is 0.483 e. The summed E-state index contributed by atoms with van der Waals surface area (Å²) in [6.45, 7) is 3.72. The van der Waals surface area contributed by atoms with Crippen LogP contribution in [0, 0.1) is 5.41 Å². The van der Waals surface area contributed by atoms with E-state index in [1.807, 2.05) is 35.2 Å². The van der Waals surface area contributed by atoms with Crippen molar-refractivity contribution in [2.45, 2.75) is 51.9 Å². The zero-order chi connectivity index (χ0) is 27.4. The van der Waals surface area contributed by atoms with E-state index >= 15 is 0 Å². The molecule has 0 atom stereocenters. The number of para-hydroxylation sites is 2. The van der Waals surface area contributed by atoms with Gasteiger partial charge in [-0.1, -0.05) is 31.2 Å². The van der Waals surface area contributed by atoms with E-state index in [1.54, 1.807) is 12.1 Å². The first-order valence-corrected chi connectivity index (χ1v) is 13.6. The van der Waals surface area contributed by atoms with Gasteiger partial charge in [-0.2, -0.15) is 0 Å². The number of nitrogens with zero attached hydrogens (tertiary/aromatic N) is 2. The van der Waals surface area contributed by atoms with Gasteiger partial charge in [0.1, 0.15) is 11.4 Å². The van der Waals surface area contributed by atoms with Gasteiger partial charge >= 0.3 is 0 Å². The first kappa shape index (κ1) is 26.6. The summed E-state index contributed by atoms with van der Waals surface area (Å²) in [7, 11) is 0. The number of hydrogen-bond donors (Lipinski definition) is 2. The van der Waals surface area contributed by atoms with Gasteiger partial charge in [-0.05, 0) is 49.3 Å². The quantitative estimate of drug-likeness (QED) is 0.461. The topological polar surface area (TPSA) is 121 Å². The van der Waals surface area contributed by atoms with Crippen molar-refractivity contribution in [3.63, 3.8) is 0 Å². The number of nitrogens with one attached hydrogen (secondary N) is 2. The third kappa shape index (κ3) is 6.19. The molecule has 0 unspecified atom stereocenters. The molecule has 1 aromatic heterocycles. The van der Waals surface area contributed by atoms with Crippen molar-refractivity contribution in [1.82, 2.24) is 20.2 Å². The van der Waals surface area contributed by atoms with E-state index in [0.29, 0.717) is 60.5 Å². The Hall–Kier alpha value is -4.01. The third-order valence-electron chi connectivity index (χ3n) is 7.90. The van der Waals surface area contributed by atoms with Crippen LogP contribution in [-0.4, -0.2) is 58.7 Å². The second-order valence-corrected chi connectivity index (χ2v) is 10.8. The Morgan fingerprint density at radius 1 is 1.08 bits per heavy atom. The van der Waals surface area contributed by atoms with Gasteiger partial charge in [0.15, 0.2) is 12.4 Å². The van der Waals surface area contributed by atoms with Crippen molar-refractivity contribution in [2.24, 2.45) is 5.41 Å². The molecule has 1 saturated heterocycles. The number of carbonyl (C=O) groups is 3. The minimum atomic E-state index is -0.256. The molecule has 1 fully saturated rings. The molecule has 9 nitrogen and oxygen atoms in total. The summed E-state index contributed by atoms with van der Waals surface area (Å²) < 4.78 is 5.78. The van der Waals surface area contributed by atoms with Crippen molar-refractivity contribution >= 4 is 28.6 Å². The maximum absolute atomic E-state index is 12.8. The molecule has 5 rings (SSSR count). The van der Waals surface area contributed by atoms with Crippen LogP contribution in [0.15, 0.2) is 47.3 Å². The van der Waals surface area contributed by atoms with E-state index in [9.17, 15) is 19.2 Å². The summed E-state index contributed by atoms with van der Waals surface area (Å²) in [6.07, 6.45) is 4.19. The van der Waals surface area contributed by atoms with Gasteiger partial charge in [0.05, 0.1) is 11.0 Å². The Morgan fingerprint density at radius 3 is 2.69 bits per heavy atom. The number of Topliss-reactive ketones (excluding diaryl/α,β-unsaturated/α-hetero) is 1. The molecule has 9 heteroatoms. The number of piperidine rings is 1. The summed E-state index contributed by atoms with van der Waals surface area (Å²) in [5.74, 6) is 0.536. The van der Waals surface area contributed by atoms with Gasteiger partial charge < -0.3 is 19.9 Å². The summed E-state index contributed by atoms with van der Waals surface area (Å²) in [5, 5.41) is 2.98. The minimum Gasteiger partial charge on any atom is -0.483 e. The molecule has 0 saturated carbocycles. The number of ketones is 1. The molecule has 1 aliphatic carbocycles. The van der Waals surface area contributed by atoms with Crippen molar-refractivity contribution in [3.05, 3.63) is 69.6 Å². The number of hydrogen-bond acceptors (Lipinski definition) is 6. The molecule has 2 aromatic carbocycles. The molecule has 0 radical (unpaired) electrons. The Bertz CT molecular complexity index is 1460. The monoisotopic (exact) mass is 530 g/mol. The molecule has 2 N–H and O–H groups in total. The average molecular weight is 531 g/mol. The highest BCUT2D eigenvalue weighted by atomic mass is 16.5. The van der Waals surface area contributed by atoms with E-state index in [-0.39, 0.29) is 41.6 Å². The zero-order valence-electron chi connectivity index (χ0n) is 22.3. The van der Waals surface area contributed by atoms with Crippen molar-refractivity contribution in [1.29, 1.82) is 0 Å². The highest BCUT2D eigenvalue weighted by Gasteiger charge is 2.32. The van der Waals surface area contributed by atoms with E-state index in [4.69, 9.17) is 4.74 Å². The second kappa shape index (κ2) is 11.4. The van der Waals surface area contributed by atoms with Crippen LogP contribution in [-0.2, 0) is 22.4 Å². The third-order valence-corrected chi connectivity index (χ3v) is 7.90. The summed E-state index contributed by atoms with van der Waals surface area (Å²) in [5.41, 5.74) is 2.98. The van der Waals surface area contributed by atoms with Crippen LogP contribution in [0.3, 0.4) is 0 Å². The molecule has 39 heavy (non-hydrogen) atoms. The predicted octanol–water partition coefficient (Wildman–Crippen LogP) is 3.20. The normalized spacial score (nSPS) is 16.5. The van der Waals surface area contributed by atoms with Crippen LogP contribution in [0.5, 0.6) is 5.75 Å². The predicted molar refractivity (Wildman–Crippen MR) is 147 cm³/mol. The van der Waals surface area contributed by atoms with Crippen molar-refractivity contribution < 1.29 is 19.1 Å². The van der Waals surface area contributed by atoms with Gasteiger partial charge in [-0.3, -0.25) is 19.2 Å². The summed E-state index contributed by atoms with van der Waals surface area (Å²) in [6, 6.07) is 12.8. The molecule has 1 aliphatic heterocycles. The van der Waals surface area contributed by atoms with Gasteiger partial charge in [0, 0.05) is 50.0 Å². The van der Waals surface area contributed by atoms with E-state index < -0.39 is 0 Å². The number of rotatable bonds is 8. The van der Waals surface area contributed by atoms with Gasteiger partial charge in [-0.25, -0.2) is 4.98 Å². The number of carbonyl (C=O) groups excluding carboxylic acids is 3. The molecular formula is C30H34N4O5. The van der Waals surface area contributed by atoms with Crippen LogP contribution in [0.4, 0.5) is 0 Å². The first-order valence-electron chi connectivity index (χ1n) is 13.6. The second-order valence-electron chi connectivity index (χ2n) is 10.8. The average Bonchev–Trinajstić information content (AvgIpc) is 2.94. The number of aromatic nitrogens is 2. The maximum atomic E-state index is 12.8. The van der Waals surface area contributed by atoms with Gasteiger partial charge in [-0.15, -0.1) is 0 Å². The number of H-pyrrole nitrogens is 1. The number of fused-ring (bicyclic) bond motifs is 2. The standard InChI is InChI=1S/C30H34N4O5/c1-30(19-31-27(36)18-39-26-11-5-6-20-21(26)7-4-10-25(20)35)14-16-34(17-15-30)28(37)13-12-24-29(38)33-23-9-3-2-8-22(23)32-24/h2-3,5-6,8-9,11H,4,7,10,12-19H2,1H3,(H,31,36)(H,33,38). The van der Waals surface area contributed by atoms with Crippen molar-refractivity contribution in [3.8, 4) is 5.75 Å². The summed E-state index contributed by atoms with van der Waals surface area (Å²) in [4.78, 5) is 59.0. The van der Waals surface area contributed by atoms with Crippen LogP contribution in [0.2, 0.25) is 0 Å². The number of aromatic amines is 1. The molecular weight excluding hydrogens is 496 g/mol. The fourth-order valence-electron chi connectivity index (χ4n) is 5.38. The van der Waals surface area contributed by atoms with Gasteiger partial charge in [0.25, 0.3) is 11.5 Å². The van der Waals surface area contributed by atoms with Crippen LogP contribution in [0.25, 0.3) is 11.0 Å². The Morgan fingerprint density at radius 2 is 1.87 bits per heavy atom. The smallest absolute Gasteiger partial charge is 0.270 e. The molecule has 0 spiro atoms. The fourth-order valence-corrected chi connectivity index (χ4v) is 5.38. The number of aryl methyl sites for hydroxylation is 1. The maximum Gasteiger partial charge on any atom is 0.270 e. The van der Waals surface area contributed by atoms with E-state index in [0.717, 1.165) is 31.2 Å². The zero-order valence-corrected chi connectivity index (χ0v) is 22.3. The fraction of sp³-hybridized carbons (Fsp3) is 0.433. The highest BCUT2D eigenvalue weighted by molar-refractivity contribution is 5.99. The number of likely N-dealkylation sites (tertiary alicyclic amines) is 1. The first-order chi connectivity index (χ1) is 18.8. The molecule has 3 aromatic rings. The molecule has 204 valence electrons.